The van der Waals surface area contributed by atoms with E-state index >= 15 is 0 Å². The summed E-state index contributed by atoms with van der Waals surface area (Å²) in [6.45, 7) is 1.99. The van der Waals surface area contributed by atoms with Gasteiger partial charge >= 0.3 is 5.69 Å². The summed E-state index contributed by atoms with van der Waals surface area (Å²) in [5, 5.41) is 14.0. The Balaban J connectivity index is 2.32. The summed E-state index contributed by atoms with van der Waals surface area (Å²) < 4.78 is 18.6. The molecule has 0 aliphatic rings. The minimum atomic E-state index is -0.674. The number of halogens is 1. The number of ether oxygens (including phenoxy) is 1. The summed E-state index contributed by atoms with van der Waals surface area (Å²) in [6, 6.07) is 10.5. The van der Waals surface area contributed by atoms with Gasteiger partial charge in [0.05, 0.1) is 11.0 Å². The van der Waals surface area contributed by atoms with Crippen molar-refractivity contribution >= 4 is 5.69 Å². The lowest BCUT2D eigenvalue weighted by molar-refractivity contribution is -0.385. The monoisotopic (exact) mass is 290 g/mol. The van der Waals surface area contributed by atoms with E-state index in [-0.39, 0.29) is 11.8 Å². The van der Waals surface area contributed by atoms with Crippen LogP contribution in [-0.4, -0.2) is 12.0 Å². The molecule has 0 aliphatic carbocycles. The summed E-state index contributed by atoms with van der Waals surface area (Å²) in [5.74, 6) is -0.202. The van der Waals surface area contributed by atoms with E-state index in [9.17, 15) is 14.5 Å². The molecule has 0 saturated heterocycles. The van der Waals surface area contributed by atoms with Crippen LogP contribution >= 0.6 is 0 Å². The molecule has 0 aromatic heterocycles. The molecule has 21 heavy (non-hydrogen) atoms. The van der Waals surface area contributed by atoms with Crippen LogP contribution in [0.1, 0.15) is 18.5 Å². The topological polar surface area (TPSA) is 64.4 Å². The van der Waals surface area contributed by atoms with E-state index in [0.717, 1.165) is 17.7 Å². The lowest BCUT2D eigenvalue weighted by Gasteiger charge is -2.12. The van der Waals surface area contributed by atoms with Crippen molar-refractivity contribution in [3.63, 3.8) is 0 Å². The zero-order valence-corrected chi connectivity index (χ0v) is 11.7. The van der Waals surface area contributed by atoms with Gasteiger partial charge in [-0.25, -0.2) is 4.39 Å². The van der Waals surface area contributed by atoms with Crippen molar-refractivity contribution in [2.75, 3.05) is 7.05 Å². The van der Waals surface area contributed by atoms with Gasteiger partial charge in [0, 0.05) is 6.04 Å². The van der Waals surface area contributed by atoms with Gasteiger partial charge in [-0.15, -0.1) is 0 Å². The molecule has 0 spiro atoms. The van der Waals surface area contributed by atoms with E-state index in [2.05, 4.69) is 5.32 Å². The number of nitro groups is 1. The maximum atomic E-state index is 13.1. The summed E-state index contributed by atoms with van der Waals surface area (Å²) in [5.41, 5.74) is 0.585. The van der Waals surface area contributed by atoms with E-state index in [1.807, 2.05) is 20.0 Å². The Morgan fingerprint density at radius 2 is 2.05 bits per heavy atom. The predicted octanol–water partition coefficient (Wildman–Crippen LogP) is 3.81. The highest BCUT2D eigenvalue weighted by atomic mass is 19.1. The fourth-order valence-corrected chi connectivity index (χ4v) is 1.86. The number of rotatable bonds is 5. The lowest BCUT2D eigenvalue weighted by Crippen LogP contribution is -2.12. The van der Waals surface area contributed by atoms with E-state index < -0.39 is 16.4 Å². The molecule has 0 bridgehead atoms. The third-order valence-electron chi connectivity index (χ3n) is 3.14. The number of nitrogens with zero attached hydrogens (tertiary/aromatic N) is 1. The van der Waals surface area contributed by atoms with Gasteiger partial charge in [-0.3, -0.25) is 10.1 Å². The van der Waals surface area contributed by atoms with Gasteiger partial charge in [0.1, 0.15) is 11.6 Å². The van der Waals surface area contributed by atoms with Crippen LogP contribution in [0, 0.1) is 15.9 Å². The van der Waals surface area contributed by atoms with Gasteiger partial charge in [-0.1, -0.05) is 12.1 Å². The SMILES string of the molecule is CNC(C)c1cccc(Oc2ccc(F)cc2[N+](=O)[O-])c1. The van der Waals surface area contributed by atoms with Gasteiger partial charge < -0.3 is 10.1 Å². The second-order valence-electron chi connectivity index (χ2n) is 4.55. The molecule has 5 nitrogen and oxygen atoms in total. The minimum Gasteiger partial charge on any atom is -0.450 e. The first kappa shape index (κ1) is 14.9. The molecule has 2 aromatic rings. The largest absolute Gasteiger partial charge is 0.450 e. The van der Waals surface area contributed by atoms with Crippen molar-refractivity contribution in [3.05, 3.63) is 64.0 Å². The van der Waals surface area contributed by atoms with Crippen LogP contribution in [-0.2, 0) is 0 Å². The maximum absolute atomic E-state index is 13.1. The second kappa shape index (κ2) is 6.32. The van der Waals surface area contributed by atoms with Crippen LogP contribution in [0.15, 0.2) is 42.5 Å². The van der Waals surface area contributed by atoms with Crippen LogP contribution in [0.4, 0.5) is 10.1 Å². The third-order valence-corrected chi connectivity index (χ3v) is 3.14. The van der Waals surface area contributed by atoms with Crippen LogP contribution < -0.4 is 10.1 Å². The molecule has 0 fully saturated rings. The molecule has 1 unspecified atom stereocenters. The Morgan fingerprint density at radius 3 is 2.71 bits per heavy atom. The van der Waals surface area contributed by atoms with Gasteiger partial charge in [-0.2, -0.15) is 0 Å². The summed E-state index contributed by atoms with van der Waals surface area (Å²) >= 11 is 0. The lowest BCUT2D eigenvalue weighted by atomic mass is 10.1. The molecule has 0 saturated carbocycles. The van der Waals surface area contributed by atoms with E-state index in [0.29, 0.717) is 5.75 Å². The van der Waals surface area contributed by atoms with Gasteiger partial charge in [0.2, 0.25) is 5.75 Å². The van der Waals surface area contributed by atoms with Crippen molar-refractivity contribution in [2.24, 2.45) is 0 Å². The Morgan fingerprint density at radius 1 is 1.29 bits per heavy atom. The maximum Gasteiger partial charge on any atom is 0.314 e. The third kappa shape index (κ3) is 3.55. The smallest absolute Gasteiger partial charge is 0.314 e. The molecule has 6 heteroatoms. The summed E-state index contributed by atoms with van der Waals surface area (Å²) in [7, 11) is 1.84. The molecular formula is C15H15FN2O3. The molecule has 0 amide bonds. The molecule has 1 atom stereocenters. The van der Waals surface area contributed by atoms with Crippen molar-refractivity contribution < 1.29 is 14.1 Å². The van der Waals surface area contributed by atoms with Crippen LogP contribution in [0.5, 0.6) is 11.5 Å². The quantitative estimate of drug-likeness (QED) is 0.672. The molecular weight excluding hydrogens is 275 g/mol. The minimum absolute atomic E-state index is 0.00987. The first-order chi connectivity index (χ1) is 10.0. The zero-order valence-electron chi connectivity index (χ0n) is 11.7. The first-order valence-corrected chi connectivity index (χ1v) is 6.40. The highest BCUT2D eigenvalue weighted by Crippen LogP contribution is 2.32. The Bertz CT molecular complexity index is 661. The van der Waals surface area contributed by atoms with E-state index in [4.69, 9.17) is 4.74 Å². The van der Waals surface area contributed by atoms with Gasteiger partial charge in [-0.05, 0) is 43.8 Å². The standard InChI is InChI=1S/C15H15FN2O3/c1-10(17-2)11-4-3-5-13(8-11)21-15-7-6-12(16)9-14(15)18(19)20/h3-10,17H,1-2H3. The normalized spacial score (nSPS) is 12.0. The molecule has 110 valence electrons. The highest BCUT2D eigenvalue weighted by Gasteiger charge is 2.17. The average Bonchev–Trinajstić information content (AvgIpc) is 2.48. The highest BCUT2D eigenvalue weighted by molar-refractivity contribution is 5.48. The molecule has 2 aromatic carbocycles. The van der Waals surface area contributed by atoms with Crippen LogP contribution in [0.3, 0.4) is 0 Å². The second-order valence-corrected chi connectivity index (χ2v) is 4.55. The first-order valence-electron chi connectivity index (χ1n) is 6.40. The zero-order chi connectivity index (χ0) is 15.4. The number of nitrogens with one attached hydrogen (secondary N) is 1. The number of hydrogen-bond donors (Lipinski definition) is 1. The predicted molar refractivity (Wildman–Crippen MR) is 77.0 cm³/mol. The molecule has 0 radical (unpaired) electrons. The molecule has 1 N–H and O–H groups in total. The summed E-state index contributed by atoms with van der Waals surface area (Å²) in [6.07, 6.45) is 0. The summed E-state index contributed by atoms with van der Waals surface area (Å²) in [4.78, 5) is 10.3. The van der Waals surface area contributed by atoms with Crippen molar-refractivity contribution in [1.29, 1.82) is 0 Å². The fourth-order valence-electron chi connectivity index (χ4n) is 1.86. The van der Waals surface area contributed by atoms with Crippen molar-refractivity contribution in [1.82, 2.24) is 5.32 Å². The Hall–Kier alpha value is -2.47. The molecule has 0 aliphatic heterocycles. The van der Waals surface area contributed by atoms with Crippen molar-refractivity contribution in [2.45, 2.75) is 13.0 Å². The average molecular weight is 290 g/mol. The fraction of sp³-hybridized carbons (Fsp3) is 0.200. The van der Waals surface area contributed by atoms with E-state index in [1.54, 1.807) is 18.2 Å². The van der Waals surface area contributed by atoms with Gasteiger partial charge in [0.25, 0.3) is 0 Å². The number of nitro benzene ring substituents is 1. The Kier molecular flexibility index (Phi) is 4.49. The number of benzene rings is 2. The Labute approximate surface area is 121 Å². The number of hydrogen-bond acceptors (Lipinski definition) is 4. The molecule has 2 rings (SSSR count). The van der Waals surface area contributed by atoms with E-state index in [1.165, 1.54) is 6.07 Å². The van der Waals surface area contributed by atoms with Crippen molar-refractivity contribution in [3.8, 4) is 11.5 Å². The van der Waals surface area contributed by atoms with Crippen LogP contribution in [0.2, 0.25) is 0 Å². The van der Waals surface area contributed by atoms with Gasteiger partial charge in [0.15, 0.2) is 0 Å². The van der Waals surface area contributed by atoms with Crippen LogP contribution in [0.25, 0.3) is 0 Å². The molecule has 0 heterocycles.